The largest absolute Gasteiger partial charge is 0.282 e. The van der Waals surface area contributed by atoms with Gasteiger partial charge in [0.1, 0.15) is 5.82 Å². The molecule has 25 heavy (non-hydrogen) atoms. The van der Waals surface area contributed by atoms with Crippen LogP contribution in [-0.4, -0.2) is 57.4 Å². The topological polar surface area (TPSA) is 84.2 Å². The van der Waals surface area contributed by atoms with Crippen LogP contribution in [0.2, 0.25) is 0 Å². The van der Waals surface area contributed by atoms with E-state index < -0.39 is 10.2 Å². The molecule has 1 atom stereocenters. The van der Waals surface area contributed by atoms with E-state index in [4.69, 9.17) is 0 Å². The number of hydrogen-bond acceptors (Lipinski definition) is 5. The standard InChI is InChI=1S/C16H24N6O2S/c1-12-18-13(15-8-9-17-21(15)4)11-14(19-12)16-7-5-6-10-22(16)25(23,24)20(2)3/h8-9,11,16H,5-7,10H2,1-4H3/t16-/m1/s1. The lowest BCUT2D eigenvalue weighted by Gasteiger charge is -2.35. The number of piperidine rings is 1. The first-order chi connectivity index (χ1) is 11.8. The van der Waals surface area contributed by atoms with Crippen LogP contribution in [0.15, 0.2) is 18.3 Å². The fourth-order valence-electron chi connectivity index (χ4n) is 3.20. The molecule has 1 aliphatic heterocycles. The number of rotatable bonds is 4. The summed E-state index contributed by atoms with van der Waals surface area (Å²) in [7, 11) is 1.49. The van der Waals surface area contributed by atoms with E-state index in [2.05, 4.69) is 15.1 Å². The average molecular weight is 364 g/mol. The van der Waals surface area contributed by atoms with Gasteiger partial charge in [-0.05, 0) is 31.9 Å². The van der Waals surface area contributed by atoms with Crippen LogP contribution in [0.25, 0.3) is 11.4 Å². The Morgan fingerprint density at radius 3 is 2.64 bits per heavy atom. The van der Waals surface area contributed by atoms with Crippen molar-refractivity contribution in [2.45, 2.75) is 32.2 Å². The highest BCUT2D eigenvalue weighted by Crippen LogP contribution is 2.34. The maximum absolute atomic E-state index is 12.7. The number of nitrogens with zero attached hydrogens (tertiary/aromatic N) is 6. The third kappa shape index (κ3) is 3.44. The normalized spacial score (nSPS) is 19.5. The summed E-state index contributed by atoms with van der Waals surface area (Å²) >= 11 is 0. The van der Waals surface area contributed by atoms with Crippen molar-refractivity contribution in [1.82, 2.24) is 28.4 Å². The molecule has 0 radical (unpaired) electrons. The molecule has 1 fully saturated rings. The zero-order chi connectivity index (χ0) is 18.2. The molecule has 2 aromatic heterocycles. The van der Waals surface area contributed by atoms with E-state index in [0.717, 1.165) is 36.3 Å². The fraction of sp³-hybridized carbons (Fsp3) is 0.562. The lowest BCUT2D eigenvalue weighted by molar-refractivity contribution is 0.238. The van der Waals surface area contributed by atoms with Gasteiger partial charge in [-0.1, -0.05) is 6.42 Å². The highest BCUT2D eigenvalue weighted by molar-refractivity contribution is 7.86. The van der Waals surface area contributed by atoms with E-state index in [1.165, 1.54) is 4.31 Å². The second kappa shape index (κ2) is 6.81. The third-order valence-corrected chi connectivity index (χ3v) is 6.45. The minimum absolute atomic E-state index is 0.269. The maximum atomic E-state index is 12.7. The second-order valence-electron chi connectivity index (χ2n) is 6.48. The van der Waals surface area contributed by atoms with Crippen LogP contribution in [0.1, 0.15) is 36.8 Å². The van der Waals surface area contributed by atoms with Crippen molar-refractivity contribution >= 4 is 10.2 Å². The van der Waals surface area contributed by atoms with Gasteiger partial charge in [0.05, 0.1) is 23.1 Å². The molecule has 0 aromatic carbocycles. The van der Waals surface area contributed by atoms with Crippen LogP contribution in [0.3, 0.4) is 0 Å². The molecule has 8 nitrogen and oxygen atoms in total. The summed E-state index contributed by atoms with van der Waals surface area (Å²) in [5.41, 5.74) is 2.38. The van der Waals surface area contributed by atoms with Gasteiger partial charge >= 0.3 is 0 Å². The van der Waals surface area contributed by atoms with Gasteiger partial charge in [-0.2, -0.15) is 22.1 Å². The van der Waals surface area contributed by atoms with Crippen LogP contribution >= 0.6 is 0 Å². The molecule has 0 unspecified atom stereocenters. The molecule has 9 heteroatoms. The molecular weight excluding hydrogens is 340 g/mol. The summed E-state index contributed by atoms with van der Waals surface area (Å²) in [4.78, 5) is 9.06. The highest BCUT2D eigenvalue weighted by Gasteiger charge is 2.35. The van der Waals surface area contributed by atoms with Crippen molar-refractivity contribution in [2.24, 2.45) is 7.05 Å². The van der Waals surface area contributed by atoms with Crippen molar-refractivity contribution in [3.63, 3.8) is 0 Å². The van der Waals surface area contributed by atoms with Crippen LogP contribution < -0.4 is 0 Å². The summed E-state index contributed by atoms with van der Waals surface area (Å²) < 4.78 is 30.0. The first-order valence-electron chi connectivity index (χ1n) is 8.34. The molecule has 0 bridgehead atoms. The van der Waals surface area contributed by atoms with E-state index in [9.17, 15) is 8.42 Å². The molecule has 1 saturated heterocycles. The smallest absolute Gasteiger partial charge is 0.266 e. The van der Waals surface area contributed by atoms with Crippen molar-refractivity contribution in [2.75, 3.05) is 20.6 Å². The van der Waals surface area contributed by atoms with Crippen molar-refractivity contribution in [3.05, 3.63) is 29.8 Å². The summed E-state index contributed by atoms with van der Waals surface area (Å²) in [6.45, 7) is 2.34. The second-order valence-corrected chi connectivity index (χ2v) is 8.57. The molecule has 0 saturated carbocycles. The Morgan fingerprint density at radius 2 is 2.00 bits per heavy atom. The monoisotopic (exact) mass is 364 g/mol. The van der Waals surface area contributed by atoms with Crippen molar-refractivity contribution in [3.8, 4) is 11.4 Å². The molecule has 3 rings (SSSR count). The first kappa shape index (κ1) is 18.0. The molecule has 2 aromatic rings. The molecule has 0 N–H and O–H groups in total. The van der Waals surface area contributed by atoms with Gasteiger partial charge in [0.2, 0.25) is 0 Å². The van der Waals surface area contributed by atoms with E-state index in [1.54, 1.807) is 29.3 Å². The quantitative estimate of drug-likeness (QED) is 0.821. The van der Waals surface area contributed by atoms with Crippen molar-refractivity contribution < 1.29 is 8.42 Å². The Hall–Kier alpha value is -1.84. The van der Waals surface area contributed by atoms with Gasteiger partial charge in [0.25, 0.3) is 10.2 Å². The lowest BCUT2D eigenvalue weighted by Crippen LogP contribution is -2.44. The molecule has 1 aliphatic rings. The molecule has 0 aliphatic carbocycles. The molecule has 136 valence electrons. The minimum atomic E-state index is -3.50. The maximum Gasteiger partial charge on any atom is 0.282 e. The number of aromatic nitrogens is 4. The van der Waals surface area contributed by atoms with Gasteiger partial charge < -0.3 is 0 Å². The van der Waals surface area contributed by atoms with E-state index in [-0.39, 0.29) is 6.04 Å². The zero-order valence-corrected chi connectivity index (χ0v) is 15.9. The number of hydrogen-bond donors (Lipinski definition) is 0. The van der Waals surface area contributed by atoms with Gasteiger partial charge in [0.15, 0.2) is 0 Å². The summed E-state index contributed by atoms with van der Waals surface area (Å²) in [6.07, 6.45) is 4.32. The summed E-state index contributed by atoms with van der Waals surface area (Å²) in [5.74, 6) is 0.626. The fourth-order valence-corrected chi connectivity index (χ4v) is 4.52. The Morgan fingerprint density at radius 1 is 1.24 bits per heavy atom. The van der Waals surface area contributed by atoms with Crippen LogP contribution in [0.5, 0.6) is 0 Å². The molecular formula is C16H24N6O2S. The number of aryl methyl sites for hydroxylation is 2. The SMILES string of the molecule is Cc1nc(-c2ccnn2C)cc([C@H]2CCCCN2S(=O)(=O)N(C)C)n1. The predicted octanol–water partition coefficient (Wildman–Crippen LogP) is 1.52. The van der Waals surface area contributed by atoms with Gasteiger partial charge in [0, 0.05) is 33.9 Å². The molecule has 3 heterocycles. The Labute approximate surface area is 148 Å². The van der Waals surface area contributed by atoms with E-state index >= 15 is 0 Å². The highest BCUT2D eigenvalue weighted by atomic mass is 32.2. The van der Waals surface area contributed by atoms with Crippen LogP contribution in [-0.2, 0) is 17.3 Å². The first-order valence-corrected chi connectivity index (χ1v) is 9.73. The Balaban J connectivity index is 2.05. The Bertz CT molecular complexity index is 861. The minimum Gasteiger partial charge on any atom is -0.266 e. The molecule has 0 amide bonds. The Kier molecular flexibility index (Phi) is 4.90. The summed E-state index contributed by atoms with van der Waals surface area (Å²) in [6, 6.07) is 3.51. The van der Waals surface area contributed by atoms with Crippen LogP contribution in [0, 0.1) is 6.92 Å². The average Bonchev–Trinajstić information content (AvgIpc) is 3.00. The van der Waals surface area contributed by atoms with Gasteiger partial charge in [-0.3, -0.25) is 4.68 Å². The zero-order valence-electron chi connectivity index (χ0n) is 15.0. The van der Waals surface area contributed by atoms with Gasteiger partial charge in [-0.15, -0.1) is 0 Å². The van der Waals surface area contributed by atoms with Gasteiger partial charge in [-0.25, -0.2) is 9.97 Å². The predicted molar refractivity (Wildman–Crippen MR) is 94.9 cm³/mol. The van der Waals surface area contributed by atoms with Crippen molar-refractivity contribution in [1.29, 1.82) is 0 Å². The lowest BCUT2D eigenvalue weighted by atomic mass is 10.0. The van der Waals surface area contributed by atoms with E-state index in [1.807, 2.05) is 26.1 Å². The summed E-state index contributed by atoms with van der Waals surface area (Å²) in [5, 5.41) is 4.19. The van der Waals surface area contributed by atoms with E-state index in [0.29, 0.717) is 12.4 Å². The molecule has 0 spiro atoms. The third-order valence-electron chi connectivity index (χ3n) is 4.49. The van der Waals surface area contributed by atoms with Crippen LogP contribution in [0.4, 0.5) is 0 Å².